The van der Waals surface area contributed by atoms with Crippen LogP contribution in [0, 0.1) is 0 Å². The number of benzene rings is 2. The fourth-order valence-corrected chi connectivity index (χ4v) is 2.19. The number of nitrogens with two attached hydrogens (primary N) is 1. The van der Waals surface area contributed by atoms with Crippen LogP contribution < -0.4 is 5.73 Å². The lowest BCUT2D eigenvalue weighted by Gasteiger charge is -2.03. The van der Waals surface area contributed by atoms with Crippen LogP contribution >= 0.6 is 0 Å². The Labute approximate surface area is 111 Å². The number of aromatic nitrogens is 2. The lowest BCUT2D eigenvalue weighted by Crippen LogP contribution is -2.02. The summed E-state index contributed by atoms with van der Waals surface area (Å²) >= 11 is 0. The first-order valence-corrected chi connectivity index (χ1v) is 6.35. The van der Waals surface area contributed by atoms with Crippen LogP contribution in [0.2, 0.25) is 0 Å². The Morgan fingerprint density at radius 1 is 0.947 bits per heavy atom. The lowest BCUT2D eigenvalue weighted by atomic mass is 10.0. The van der Waals surface area contributed by atoms with Crippen LogP contribution in [0.15, 0.2) is 46.9 Å². The number of fused-ring (bicyclic) bond motifs is 1. The van der Waals surface area contributed by atoms with E-state index in [0.717, 1.165) is 0 Å². The summed E-state index contributed by atoms with van der Waals surface area (Å²) in [6, 6.07) is 14.5. The molecule has 96 valence electrons. The topological polar surface area (TPSA) is 64.9 Å². The molecule has 0 radical (unpaired) electrons. The Balaban J connectivity index is 1.92. The van der Waals surface area contributed by atoms with Gasteiger partial charge in [-0.15, -0.1) is 10.2 Å². The molecule has 4 heteroatoms. The summed E-state index contributed by atoms with van der Waals surface area (Å²) in [5.74, 6) is 1.25. The molecule has 1 aromatic heterocycles. The molecule has 2 N–H and O–H groups in total. The van der Waals surface area contributed by atoms with Crippen LogP contribution in [-0.4, -0.2) is 16.7 Å². The van der Waals surface area contributed by atoms with Gasteiger partial charge < -0.3 is 10.2 Å². The average molecular weight is 253 g/mol. The Hall–Kier alpha value is -2.20. The summed E-state index contributed by atoms with van der Waals surface area (Å²) < 4.78 is 5.57. The normalized spacial score (nSPS) is 11.0. The molecule has 0 aliphatic heterocycles. The SMILES string of the molecule is NCCc1nnc(Cc2cccc3ccccc23)o1. The molecule has 2 aromatic carbocycles. The molecule has 0 bridgehead atoms. The molecular weight excluding hydrogens is 238 g/mol. The largest absolute Gasteiger partial charge is 0.425 e. The second-order valence-electron chi connectivity index (χ2n) is 4.44. The second-order valence-corrected chi connectivity index (χ2v) is 4.44. The average Bonchev–Trinajstić information content (AvgIpc) is 2.87. The van der Waals surface area contributed by atoms with Crippen molar-refractivity contribution in [1.29, 1.82) is 0 Å². The molecule has 0 atom stereocenters. The molecule has 0 saturated heterocycles. The minimum absolute atomic E-state index is 0.524. The number of rotatable bonds is 4. The molecule has 19 heavy (non-hydrogen) atoms. The fourth-order valence-electron chi connectivity index (χ4n) is 2.19. The van der Waals surface area contributed by atoms with E-state index in [9.17, 15) is 0 Å². The Morgan fingerprint density at radius 3 is 2.63 bits per heavy atom. The van der Waals surface area contributed by atoms with Crippen molar-refractivity contribution in [2.24, 2.45) is 5.73 Å². The summed E-state index contributed by atoms with van der Waals surface area (Å²) in [5.41, 5.74) is 6.66. The van der Waals surface area contributed by atoms with Gasteiger partial charge in [-0.2, -0.15) is 0 Å². The van der Waals surface area contributed by atoms with Gasteiger partial charge in [0, 0.05) is 13.0 Å². The molecule has 0 unspecified atom stereocenters. The van der Waals surface area contributed by atoms with Crippen molar-refractivity contribution in [3.8, 4) is 0 Å². The van der Waals surface area contributed by atoms with Gasteiger partial charge in [-0.1, -0.05) is 42.5 Å². The van der Waals surface area contributed by atoms with Gasteiger partial charge in [0.05, 0.1) is 6.42 Å². The lowest BCUT2D eigenvalue weighted by molar-refractivity contribution is 0.459. The monoisotopic (exact) mass is 253 g/mol. The predicted molar refractivity (Wildman–Crippen MR) is 73.8 cm³/mol. The van der Waals surface area contributed by atoms with Crippen molar-refractivity contribution < 1.29 is 4.42 Å². The van der Waals surface area contributed by atoms with E-state index in [1.54, 1.807) is 0 Å². The molecule has 3 rings (SSSR count). The molecule has 0 spiro atoms. The number of nitrogens with zero attached hydrogens (tertiary/aromatic N) is 2. The third-order valence-electron chi connectivity index (χ3n) is 3.09. The maximum absolute atomic E-state index is 5.57. The van der Waals surface area contributed by atoms with Gasteiger partial charge in [0.25, 0.3) is 0 Å². The van der Waals surface area contributed by atoms with E-state index < -0.39 is 0 Å². The zero-order valence-corrected chi connectivity index (χ0v) is 10.5. The Morgan fingerprint density at radius 2 is 1.74 bits per heavy atom. The minimum atomic E-state index is 0.524. The molecule has 0 aliphatic rings. The summed E-state index contributed by atoms with van der Waals surface area (Å²) in [4.78, 5) is 0. The van der Waals surface area contributed by atoms with Gasteiger partial charge in [-0.3, -0.25) is 0 Å². The van der Waals surface area contributed by atoms with Crippen molar-refractivity contribution in [3.05, 3.63) is 59.8 Å². The highest BCUT2D eigenvalue weighted by Gasteiger charge is 2.08. The maximum Gasteiger partial charge on any atom is 0.220 e. The maximum atomic E-state index is 5.57. The number of hydrogen-bond acceptors (Lipinski definition) is 4. The summed E-state index contributed by atoms with van der Waals surface area (Å²) in [6.45, 7) is 0.524. The van der Waals surface area contributed by atoms with Crippen molar-refractivity contribution in [3.63, 3.8) is 0 Å². The molecule has 1 heterocycles. The van der Waals surface area contributed by atoms with Gasteiger partial charge in [0.15, 0.2) is 0 Å². The first-order valence-electron chi connectivity index (χ1n) is 6.35. The molecule has 4 nitrogen and oxygen atoms in total. The molecule has 0 saturated carbocycles. The number of hydrogen-bond donors (Lipinski definition) is 1. The smallest absolute Gasteiger partial charge is 0.220 e. The fraction of sp³-hybridized carbons (Fsp3) is 0.200. The van der Waals surface area contributed by atoms with Crippen LogP contribution in [0.1, 0.15) is 17.3 Å². The summed E-state index contributed by atoms with van der Waals surface area (Å²) in [7, 11) is 0. The molecular formula is C15H15N3O. The van der Waals surface area contributed by atoms with E-state index in [1.165, 1.54) is 16.3 Å². The zero-order valence-electron chi connectivity index (χ0n) is 10.5. The third-order valence-corrected chi connectivity index (χ3v) is 3.09. The van der Waals surface area contributed by atoms with E-state index in [0.29, 0.717) is 31.2 Å². The van der Waals surface area contributed by atoms with E-state index in [4.69, 9.17) is 10.2 Å². The van der Waals surface area contributed by atoms with Crippen LogP contribution in [0.3, 0.4) is 0 Å². The van der Waals surface area contributed by atoms with Crippen LogP contribution in [-0.2, 0) is 12.8 Å². The van der Waals surface area contributed by atoms with E-state index in [1.807, 2.05) is 12.1 Å². The van der Waals surface area contributed by atoms with Gasteiger partial charge in [-0.25, -0.2) is 0 Å². The van der Waals surface area contributed by atoms with E-state index in [-0.39, 0.29) is 0 Å². The van der Waals surface area contributed by atoms with Crippen molar-refractivity contribution >= 4 is 10.8 Å². The van der Waals surface area contributed by atoms with Crippen LogP contribution in [0.4, 0.5) is 0 Å². The minimum Gasteiger partial charge on any atom is -0.425 e. The van der Waals surface area contributed by atoms with Crippen molar-refractivity contribution in [1.82, 2.24) is 10.2 Å². The van der Waals surface area contributed by atoms with Crippen molar-refractivity contribution in [2.45, 2.75) is 12.8 Å². The van der Waals surface area contributed by atoms with Gasteiger partial charge in [-0.05, 0) is 16.3 Å². The van der Waals surface area contributed by atoms with Gasteiger partial charge in [0.1, 0.15) is 0 Å². The van der Waals surface area contributed by atoms with Crippen molar-refractivity contribution in [2.75, 3.05) is 6.54 Å². The molecule has 0 fully saturated rings. The van der Waals surface area contributed by atoms with Crippen LogP contribution in [0.5, 0.6) is 0 Å². The molecule has 0 aliphatic carbocycles. The van der Waals surface area contributed by atoms with Gasteiger partial charge in [0.2, 0.25) is 11.8 Å². The first kappa shape index (κ1) is 11.9. The highest BCUT2D eigenvalue weighted by molar-refractivity contribution is 5.85. The van der Waals surface area contributed by atoms with Crippen LogP contribution in [0.25, 0.3) is 10.8 Å². The highest BCUT2D eigenvalue weighted by atomic mass is 16.4. The zero-order chi connectivity index (χ0) is 13.1. The van der Waals surface area contributed by atoms with E-state index in [2.05, 4.69) is 40.5 Å². The molecule has 0 amide bonds. The Kier molecular flexibility index (Phi) is 3.25. The highest BCUT2D eigenvalue weighted by Crippen LogP contribution is 2.20. The Bertz CT molecular complexity index is 685. The summed E-state index contributed by atoms with van der Waals surface area (Å²) in [5, 5.41) is 10.5. The second kappa shape index (κ2) is 5.20. The predicted octanol–water partition coefficient (Wildman–Crippen LogP) is 2.31. The summed E-state index contributed by atoms with van der Waals surface area (Å²) in [6.07, 6.45) is 1.28. The van der Waals surface area contributed by atoms with E-state index >= 15 is 0 Å². The third kappa shape index (κ3) is 2.48. The standard InChI is InChI=1S/C15H15N3O/c16-9-8-14-17-18-15(19-14)10-12-6-3-5-11-4-1-2-7-13(11)12/h1-7H,8-10,16H2. The molecule has 3 aromatic rings. The first-order chi connectivity index (χ1) is 9.36. The quantitative estimate of drug-likeness (QED) is 0.775. The van der Waals surface area contributed by atoms with Gasteiger partial charge >= 0.3 is 0 Å².